The monoisotopic (exact) mass is 222 g/mol. The van der Waals surface area contributed by atoms with Crippen LogP contribution in [0.3, 0.4) is 0 Å². The maximum atomic E-state index is 9.08. The van der Waals surface area contributed by atoms with Gasteiger partial charge in [-0.05, 0) is 24.5 Å². The molecule has 1 aliphatic rings. The third kappa shape index (κ3) is 2.52. The van der Waals surface area contributed by atoms with Gasteiger partial charge in [-0.25, -0.2) is 4.98 Å². The number of rotatable bonds is 2. The molecular weight excluding hydrogens is 207 g/mol. The standard InChI is InChI=1S/C10H15BN2O3/c1-8-7-13(4-5-16-8)10-6-9(11(14)15)2-3-12-10/h2-3,6,8,14-15H,4-5,7H2,1H3/t8-/m1/s1. The van der Waals surface area contributed by atoms with Crippen molar-refractivity contribution in [2.45, 2.75) is 13.0 Å². The molecule has 0 saturated carbocycles. The van der Waals surface area contributed by atoms with E-state index in [-0.39, 0.29) is 6.10 Å². The van der Waals surface area contributed by atoms with Crippen molar-refractivity contribution in [3.8, 4) is 0 Å². The minimum atomic E-state index is -1.44. The molecule has 1 aromatic rings. The van der Waals surface area contributed by atoms with Gasteiger partial charge in [0.2, 0.25) is 0 Å². The average Bonchev–Trinajstić information content (AvgIpc) is 2.29. The summed E-state index contributed by atoms with van der Waals surface area (Å²) in [6.45, 7) is 4.24. The molecule has 2 rings (SSSR count). The number of hydrogen-bond acceptors (Lipinski definition) is 5. The molecule has 1 fully saturated rings. The predicted molar refractivity (Wildman–Crippen MR) is 61.7 cm³/mol. The summed E-state index contributed by atoms with van der Waals surface area (Å²) in [7, 11) is -1.44. The van der Waals surface area contributed by atoms with E-state index in [0.717, 1.165) is 18.9 Å². The van der Waals surface area contributed by atoms with E-state index in [4.69, 9.17) is 14.8 Å². The predicted octanol–water partition coefficient (Wildman–Crippen LogP) is -1.01. The molecule has 1 aromatic heterocycles. The molecule has 0 radical (unpaired) electrons. The molecule has 86 valence electrons. The van der Waals surface area contributed by atoms with Crippen LogP contribution in [0, 0.1) is 0 Å². The molecule has 2 N–H and O–H groups in total. The summed E-state index contributed by atoms with van der Waals surface area (Å²) < 4.78 is 5.44. The molecule has 5 nitrogen and oxygen atoms in total. The van der Waals surface area contributed by atoms with Crippen molar-refractivity contribution in [3.63, 3.8) is 0 Å². The average molecular weight is 222 g/mol. The Labute approximate surface area is 94.8 Å². The van der Waals surface area contributed by atoms with E-state index in [0.29, 0.717) is 12.1 Å². The number of pyridine rings is 1. The summed E-state index contributed by atoms with van der Waals surface area (Å²) in [5, 5.41) is 18.2. The largest absolute Gasteiger partial charge is 0.488 e. The fourth-order valence-corrected chi connectivity index (χ4v) is 1.79. The highest BCUT2D eigenvalue weighted by atomic mass is 16.5. The molecule has 1 aliphatic heterocycles. The molecule has 0 unspecified atom stereocenters. The van der Waals surface area contributed by atoms with Gasteiger partial charge in [-0.1, -0.05) is 0 Å². The molecular formula is C10H15BN2O3. The van der Waals surface area contributed by atoms with Crippen molar-refractivity contribution in [1.29, 1.82) is 0 Å². The maximum absolute atomic E-state index is 9.08. The topological polar surface area (TPSA) is 65.8 Å². The van der Waals surface area contributed by atoms with E-state index < -0.39 is 7.12 Å². The highest BCUT2D eigenvalue weighted by Crippen LogP contribution is 2.13. The fourth-order valence-electron chi connectivity index (χ4n) is 1.79. The van der Waals surface area contributed by atoms with Crippen molar-refractivity contribution in [2.75, 3.05) is 24.6 Å². The van der Waals surface area contributed by atoms with Gasteiger partial charge in [0.1, 0.15) is 5.82 Å². The number of aromatic nitrogens is 1. The van der Waals surface area contributed by atoms with Crippen LogP contribution in [0.2, 0.25) is 0 Å². The molecule has 2 heterocycles. The van der Waals surface area contributed by atoms with Crippen molar-refractivity contribution in [2.24, 2.45) is 0 Å². The van der Waals surface area contributed by atoms with Gasteiger partial charge in [0.15, 0.2) is 0 Å². The molecule has 0 aliphatic carbocycles. The van der Waals surface area contributed by atoms with Crippen molar-refractivity contribution < 1.29 is 14.8 Å². The van der Waals surface area contributed by atoms with E-state index in [1.807, 2.05) is 6.92 Å². The lowest BCUT2D eigenvalue weighted by Crippen LogP contribution is -2.42. The normalized spacial score (nSPS) is 20.9. The van der Waals surface area contributed by atoms with Gasteiger partial charge < -0.3 is 19.7 Å². The van der Waals surface area contributed by atoms with Gasteiger partial charge >= 0.3 is 7.12 Å². The van der Waals surface area contributed by atoms with Crippen LogP contribution in [0.15, 0.2) is 18.3 Å². The Bertz CT molecular complexity index is 362. The van der Waals surface area contributed by atoms with Gasteiger partial charge in [0, 0.05) is 19.3 Å². The number of anilines is 1. The summed E-state index contributed by atoms with van der Waals surface area (Å²) in [5.74, 6) is 0.765. The minimum absolute atomic E-state index is 0.179. The summed E-state index contributed by atoms with van der Waals surface area (Å²) in [6, 6.07) is 3.29. The van der Waals surface area contributed by atoms with Gasteiger partial charge in [-0.3, -0.25) is 0 Å². The van der Waals surface area contributed by atoms with Gasteiger partial charge in [-0.2, -0.15) is 0 Å². The molecule has 16 heavy (non-hydrogen) atoms. The zero-order valence-electron chi connectivity index (χ0n) is 9.21. The van der Waals surface area contributed by atoms with E-state index in [2.05, 4.69) is 9.88 Å². The third-order valence-electron chi connectivity index (χ3n) is 2.63. The number of morpholine rings is 1. The molecule has 0 aromatic carbocycles. The van der Waals surface area contributed by atoms with Crippen LogP contribution in [0.25, 0.3) is 0 Å². The number of nitrogens with zero attached hydrogens (tertiary/aromatic N) is 2. The van der Waals surface area contributed by atoms with Crippen LogP contribution in [0.4, 0.5) is 5.82 Å². The Morgan fingerprint density at radius 3 is 3.06 bits per heavy atom. The van der Waals surface area contributed by atoms with Crippen LogP contribution in [-0.4, -0.2) is 48.0 Å². The van der Waals surface area contributed by atoms with Crippen molar-refractivity contribution >= 4 is 18.4 Å². The van der Waals surface area contributed by atoms with Crippen LogP contribution in [0.1, 0.15) is 6.92 Å². The Morgan fingerprint density at radius 1 is 1.56 bits per heavy atom. The Balaban J connectivity index is 2.16. The number of ether oxygens (including phenoxy) is 1. The molecule has 1 atom stereocenters. The van der Waals surface area contributed by atoms with Crippen LogP contribution >= 0.6 is 0 Å². The van der Waals surface area contributed by atoms with Crippen LogP contribution in [0.5, 0.6) is 0 Å². The molecule has 0 bridgehead atoms. The Morgan fingerprint density at radius 2 is 2.38 bits per heavy atom. The summed E-state index contributed by atoms with van der Waals surface area (Å²) in [5.41, 5.74) is 0.462. The first-order chi connectivity index (χ1) is 7.66. The quantitative estimate of drug-likeness (QED) is 0.627. The fraction of sp³-hybridized carbons (Fsp3) is 0.500. The minimum Gasteiger partial charge on any atom is -0.423 e. The zero-order chi connectivity index (χ0) is 11.5. The van der Waals surface area contributed by atoms with Crippen LogP contribution < -0.4 is 10.4 Å². The third-order valence-corrected chi connectivity index (χ3v) is 2.63. The summed E-state index contributed by atoms with van der Waals surface area (Å²) >= 11 is 0. The smallest absolute Gasteiger partial charge is 0.423 e. The highest BCUT2D eigenvalue weighted by molar-refractivity contribution is 6.58. The van der Waals surface area contributed by atoms with Crippen molar-refractivity contribution in [3.05, 3.63) is 18.3 Å². The lowest BCUT2D eigenvalue weighted by molar-refractivity contribution is 0.0529. The van der Waals surface area contributed by atoms with E-state index in [1.54, 1.807) is 18.3 Å². The molecule has 6 heteroatoms. The summed E-state index contributed by atoms with van der Waals surface area (Å²) in [4.78, 5) is 6.31. The lowest BCUT2D eigenvalue weighted by atomic mass is 9.81. The van der Waals surface area contributed by atoms with E-state index in [9.17, 15) is 0 Å². The number of hydrogen-bond donors (Lipinski definition) is 2. The first kappa shape index (κ1) is 11.4. The lowest BCUT2D eigenvalue weighted by Gasteiger charge is -2.32. The van der Waals surface area contributed by atoms with E-state index in [1.165, 1.54) is 0 Å². The maximum Gasteiger partial charge on any atom is 0.488 e. The SMILES string of the molecule is C[C@@H]1CN(c2cc(B(O)O)ccn2)CCO1. The van der Waals surface area contributed by atoms with E-state index >= 15 is 0 Å². The van der Waals surface area contributed by atoms with Gasteiger partial charge in [0.05, 0.1) is 12.7 Å². The second-order valence-electron chi connectivity index (χ2n) is 3.95. The van der Waals surface area contributed by atoms with Crippen molar-refractivity contribution in [1.82, 2.24) is 4.98 Å². The first-order valence-corrected chi connectivity index (χ1v) is 5.35. The first-order valence-electron chi connectivity index (χ1n) is 5.35. The highest BCUT2D eigenvalue weighted by Gasteiger charge is 2.19. The second-order valence-corrected chi connectivity index (χ2v) is 3.95. The van der Waals surface area contributed by atoms with Crippen LogP contribution in [-0.2, 0) is 4.74 Å². The second kappa shape index (κ2) is 4.82. The Hall–Kier alpha value is -1.11. The molecule has 0 amide bonds. The molecule has 0 spiro atoms. The zero-order valence-corrected chi connectivity index (χ0v) is 9.21. The molecule has 1 saturated heterocycles. The summed E-state index contributed by atoms with van der Waals surface area (Å²) in [6.07, 6.45) is 1.77. The Kier molecular flexibility index (Phi) is 3.43. The van der Waals surface area contributed by atoms with Gasteiger partial charge in [0.25, 0.3) is 0 Å². The van der Waals surface area contributed by atoms with Gasteiger partial charge in [-0.15, -0.1) is 0 Å².